The van der Waals surface area contributed by atoms with Crippen molar-refractivity contribution in [1.29, 1.82) is 0 Å². The first-order chi connectivity index (χ1) is 10.1. The summed E-state index contributed by atoms with van der Waals surface area (Å²) in [6.45, 7) is 3.20. The lowest BCUT2D eigenvalue weighted by Crippen LogP contribution is -2.23. The highest BCUT2D eigenvalue weighted by molar-refractivity contribution is 9.10. The quantitative estimate of drug-likeness (QED) is 0.617. The molecule has 0 aliphatic rings. The van der Waals surface area contributed by atoms with E-state index < -0.39 is 0 Å². The number of benzene rings is 1. The molecule has 0 amide bonds. The van der Waals surface area contributed by atoms with Gasteiger partial charge in [-0.15, -0.1) is 11.3 Å². The van der Waals surface area contributed by atoms with E-state index in [1.165, 1.54) is 10.4 Å². The Morgan fingerprint density at radius 1 is 1.24 bits per heavy atom. The topological polar surface area (TPSA) is 21.3 Å². The number of hydrogen-bond donors (Lipinski definition) is 1. The summed E-state index contributed by atoms with van der Waals surface area (Å²) in [6.07, 6.45) is 2.04. The Hall–Kier alpha value is -0.360. The molecule has 0 spiro atoms. The van der Waals surface area contributed by atoms with Crippen LogP contribution in [-0.2, 0) is 6.42 Å². The number of thiophene rings is 1. The van der Waals surface area contributed by atoms with Crippen molar-refractivity contribution in [1.82, 2.24) is 5.32 Å². The van der Waals surface area contributed by atoms with Gasteiger partial charge in [0.25, 0.3) is 0 Å². The van der Waals surface area contributed by atoms with Gasteiger partial charge in [0.05, 0.1) is 7.11 Å². The molecule has 5 heteroatoms. The van der Waals surface area contributed by atoms with Crippen LogP contribution in [0.3, 0.4) is 0 Å². The third-order valence-electron chi connectivity index (χ3n) is 3.24. The molecule has 114 valence electrons. The normalized spacial score (nSPS) is 12.4. The van der Waals surface area contributed by atoms with E-state index in [9.17, 15) is 0 Å². The van der Waals surface area contributed by atoms with Gasteiger partial charge in [-0.1, -0.05) is 22.9 Å². The predicted octanol–water partition coefficient (Wildman–Crippen LogP) is 5.57. The van der Waals surface area contributed by atoms with Crippen LogP contribution < -0.4 is 10.1 Å². The van der Waals surface area contributed by atoms with Crippen LogP contribution in [0.5, 0.6) is 5.75 Å². The van der Waals surface area contributed by atoms with E-state index in [4.69, 9.17) is 4.74 Å². The number of halogens is 2. The zero-order valence-electron chi connectivity index (χ0n) is 12.2. The van der Waals surface area contributed by atoms with Crippen LogP contribution in [0.15, 0.2) is 38.6 Å². The molecule has 2 nitrogen and oxygen atoms in total. The maximum atomic E-state index is 5.49. The number of hydrogen-bond acceptors (Lipinski definition) is 3. The molecule has 1 unspecified atom stereocenters. The Kier molecular flexibility index (Phi) is 6.74. The molecule has 1 aromatic heterocycles. The number of rotatable bonds is 7. The smallest absolute Gasteiger partial charge is 0.122 e. The van der Waals surface area contributed by atoms with Crippen molar-refractivity contribution in [2.45, 2.75) is 25.8 Å². The van der Waals surface area contributed by atoms with Gasteiger partial charge in [0.1, 0.15) is 5.75 Å². The van der Waals surface area contributed by atoms with Crippen molar-refractivity contribution in [3.8, 4) is 5.75 Å². The van der Waals surface area contributed by atoms with Crippen LogP contribution >= 0.6 is 43.2 Å². The average molecular weight is 433 g/mol. The van der Waals surface area contributed by atoms with E-state index >= 15 is 0 Å². The molecule has 1 aromatic carbocycles. The molecule has 2 aromatic rings. The van der Waals surface area contributed by atoms with Crippen LogP contribution in [0, 0.1) is 0 Å². The summed E-state index contributed by atoms with van der Waals surface area (Å²) in [4.78, 5) is 1.34. The minimum absolute atomic E-state index is 0.310. The molecular formula is C16H19Br2NOS. The fourth-order valence-electron chi connectivity index (χ4n) is 2.23. The van der Waals surface area contributed by atoms with Gasteiger partial charge < -0.3 is 10.1 Å². The maximum absolute atomic E-state index is 5.49. The first kappa shape index (κ1) is 17.0. The molecule has 0 fully saturated rings. The van der Waals surface area contributed by atoms with Crippen molar-refractivity contribution >= 4 is 43.2 Å². The molecule has 1 atom stereocenters. The van der Waals surface area contributed by atoms with E-state index in [-0.39, 0.29) is 0 Å². The zero-order chi connectivity index (χ0) is 15.2. The second-order valence-electron chi connectivity index (χ2n) is 4.83. The molecule has 0 aliphatic heterocycles. The minimum Gasteiger partial charge on any atom is -0.496 e. The van der Waals surface area contributed by atoms with Crippen LogP contribution in [0.25, 0.3) is 0 Å². The Morgan fingerprint density at radius 2 is 2.05 bits per heavy atom. The molecule has 21 heavy (non-hydrogen) atoms. The first-order valence-corrected chi connectivity index (χ1v) is 9.40. The van der Waals surface area contributed by atoms with Crippen LogP contribution in [-0.4, -0.2) is 13.7 Å². The summed E-state index contributed by atoms with van der Waals surface area (Å²) in [5.74, 6) is 0.942. The summed E-state index contributed by atoms with van der Waals surface area (Å²) in [5, 5.41) is 5.77. The van der Waals surface area contributed by atoms with Gasteiger partial charge in [-0.2, -0.15) is 0 Å². The van der Waals surface area contributed by atoms with Crippen LogP contribution in [0.1, 0.15) is 29.8 Å². The van der Waals surface area contributed by atoms with Gasteiger partial charge in [-0.05, 0) is 65.1 Å². The molecule has 1 heterocycles. The molecule has 0 saturated heterocycles. The standard InChI is InChI=1S/C16H19Br2NOS/c1-3-6-19-14(16-9-13(18)10-21-16)8-11-7-12(17)4-5-15(11)20-2/h4-5,7,9-10,14,19H,3,6,8H2,1-2H3. The van der Waals surface area contributed by atoms with E-state index in [0.717, 1.165) is 34.1 Å². The molecule has 2 rings (SSSR count). The monoisotopic (exact) mass is 431 g/mol. The van der Waals surface area contributed by atoms with E-state index in [0.29, 0.717) is 6.04 Å². The highest BCUT2D eigenvalue weighted by atomic mass is 79.9. The second kappa shape index (κ2) is 8.32. The molecule has 0 saturated carbocycles. The van der Waals surface area contributed by atoms with E-state index in [2.05, 4.69) is 61.6 Å². The highest BCUT2D eigenvalue weighted by Gasteiger charge is 2.16. The maximum Gasteiger partial charge on any atom is 0.122 e. The highest BCUT2D eigenvalue weighted by Crippen LogP contribution is 2.31. The van der Waals surface area contributed by atoms with Crippen molar-refractivity contribution in [3.05, 3.63) is 49.0 Å². The third kappa shape index (κ3) is 4.81. The summed E-state index contributed by atoms with van der Waals surface area (Å²) in [6, 6.07) is 8.67. The zero-order valence-corrected chi connectivity index (χ0v) is 16.1. The Labute approximate surface area is 147 Å². The van der Waals surface area contributed by atoms with Crippen molar-refractivity contribution in [3.63, 3.8) is 0 Å². The van der Waals surface area contributed by atoms with Crippen LogP contribution in [0.4, 0.5) is 0 Å². The molecule has 0 aliphatic carbocycles. The van der Waals surface area contributed by atoms with E-state index in [1.54, 1.807) is 18.4 Å². The lowest BCUT2D eigenvalue weighted by molar-refractivity contribution is 0.405. The summed E-state index contributed by atoms with van der Waals surface area (Å²) in [5.41, 5.74) is 1.21. The second-order valence-corrected chi connectivity index (χ2v) is 7.61. The Balaban J connectivity index is 2.24. The molecular weight excluding hydrogens is 414 g/mol. The van der Waals surface area contributed by atoms with Gasteiger partial charge in [-0.25, -0.2) is 0 Å². The number of methoxy groups -OCH3 is 1. The van der Waals surface area contributed by atoms with Gasteiger partial charge in [0, 0.05) is 25.2 Å². The predicted molar refractivity (Wildman–Crippen MR) is 97.5 cm³/mol. The average Bonchev–Trinajstić information content (AvgIpc) is 2.90. The Morgan fingerprint density at radius 3 is 2.67 bits per heavy atom. The fraction of sp³-hybridized carbons (Fsp3) is 0.375. The lowest BCUT2D eigenvalue weighted by atomic mass is 10.0. The lowest BCUT2D eigenvalue weighted by Gasteiger charge is -2.19. The first-order valence-electron chi connectivity index (χ1n) is 6.93. The number of ether oxygens (including phenoxy) is 1. The van der Waals surface area contributed by atoms with Gasteiger partial charge >= 0.3 is 0 Å². The summed E-state index contributed by atoms with van der Waals surface area (Å²) in [7, 11) is 1.73. The summed E-state index contributed by atoms with van der Waals surface area (Å²) < 4.78 is 7.72. The van der Waals surface area contributed by atoms with Gasteiger partial charge in [0.2, 0.25) is 0 Å². The van der Waals surface area contributed by atoms with Gasteiger partial charge in [-0.3, -0.25) is 0 Å². The Bertz CT molecular complexity index is 585. The van der Waals surface area contributed by atoms with E-state index in [1.807, 2.05) is 12.1 Å². The number of nitrogens with one attached hydrogen (secondary N) is 1. The van der Waals surface area contributed by atoms with Crippen LogP contribution in [0.2, 0.25) is 0 Å². The fourth-order valence-corrected chi connectivity index (χ4v) is 4.16. The van der Waals surface area contributed by atoms with Crippen molar-refractivity contribution in [2.24, 2.45) is 0 Å². The largest absolute Gasteiger partial charge is 0.496 e. The third-order valence-corrected chi connectivity index (χ3v) is 5.54. The molecule has 0 bridgehead atoms. The minimum atomic E-state index is 0.310. The van der Waals surface area contributed by atoms with Crippen molar-refractivity contribution in [2.75, 3.05) is 13.7 Å². The van der Waals surface area contributed by atoms with Gasteiger partial charge in [0.15, 0.2) is 0 Å². The molecule has 1 N–H and O–H groups in total. The molecule has 0 radical (unpaired) electrons. The SMILES string of the molecule is CCCNC(Cc1cc(Br)ccc1OC)c1cc(Br)cs1. The van der Waals surface area contributed by atoms with Crippen molar-refractivity contribution < 1.29 is 4.74 Å². The summed E-state index contributed by atoms with van der Waals surface area (Å²) >= 11 is 8.87.